The summed E-state index contributed by atoms with van der Waals surface area (Å²) in [4.78, 5) is 4.77. The quantitative estimate of drug-likeness (QED) is 0.629. The minimum atomic E-state index is -0.946. The number of nitrogens with one attached hydrogen (secondary N) is 1. The normalized spacial score (nSPS) is 18.5. The highest BCUT2D eigenvalue weighted by molar-refractivity contribution is 5.96. The molecule has 2 aromatic carbocycles. The van der Waals surface area contributed by atoms with E-state index in [4.69, 9.17) is 14.5 Å². The average molecular weight is 417 g/mol. The fourth-order valence-electron chi connectivity index (χ4n) is 4.57. The van der Waals surface area contributed by atoms with Crippen molar-refractivity contribution in [2.24, 2.45) is 0 Å². The van der Waals surface area contributed by atoms with Crippen LogP contribution in [0.15, 0.2) is 55.2 Å². The van der Waals surface area contributed by atoms with Crippen LogP contribution in [0, 0.1) is 6.92 Å². The van der Waals surface area contributed by atoms with Crippen LogP contribution < -0.4 is 5.32 Å². The van der Waals surface area contributed by atoms with Gasteiger partial charge in [-0.15, -0.1) is 0 Å². The Labute approximate surface area is 182 Å². The van der Waals surface area contributed by atoms with Crippen molar-refractivity contribution in [3.63, 3.8) is 0 Å². The first-order valence-electron chi connectivity index (χ1n) is 10.9. The van der Waals surface area contributed by atoms with E-state index in [1.807, 2.05) is 30.5 Å². The highest BCUT2D eigenvalue weighted by Crippen LogP contribution is 2.37. The van der Waals surface area contributed by atoms with Gasteiger partial charge in [-0.2, -0.15) is 0 Å². The highest BCUT2D eigenvalue weighted by Gasteiger charge is 2.39. The summed E-state index contributed by atoms with van der Waals surface area (Å²) in [7, 11) is 0. The van der Waals surface area contributed by atoms with Crippen molar-refractivity contribution in [2.75, 3.05) is 31.7 Å². The van der Waals surface area contributed by atoms with Gasteiger partial charge in [-0.05, 0) is 55.0 Å². The van der Waals surface area contributed by atoms with E-state index >= 15 is 0 Å². The first kappa shape index (κ1) is 20.2. The molecule has 0 spiro atoms. The first-order chi connectivity index (χ1) is 15.0. The molecule has 3 aromatic rings. The van der Waals surface area contributed by atoms with Crippen molar-refractivity contribution in [3.05, 3.63) is 77.6 Å². The number of benzene rings is 2. The molecule has 0 radical (unpaired) electrons. The van der Waals surface area contributed by atoms with Gasteiger partial charge in [0.25, 0.3) is 0 Å². The molecule has 160 valence electrons. The Balaban J connectivity index is 1.51. The molecule has 0 bridgehead atoms. The van der Waals surface area contributed by atoms with Crippen LogP contribution >= 0.6 is 0 Å². The fourth-order valence-corrected chi connectivity index (χ4v) is 4.57. The van der Waals surface area contributed by atoms with E-state index in [0.717, 1.165) is 70.6 Å². The third-order valence-corrected chi connectivity index (χ3v) is 6.36. The lowest BCUT2D eigenvalue weighted by molar-refractivity contribution is -0.184. The minimum Gasteiger partial charge on any atom is -0.381 e. The van der Waals surface area contributed by atoms with E-state index in [1.165, 1.54) is 0 Å². The third-order valence-electron chi connectivity index (χ3n) is 6.36. The molecule has 2 aliphatic rings. The first-order valence-corrected chi connectivity index (χ1v) is 10.9. The molecule has 0 unspecified atom stereocenters. The number of hydrogen-bond acceptors (Lipinski definition) is 5. The Hall–Kier alpha value is -2.73. The number of aryl methyl sites for hydroxylation is 1. The van der Waals surface area contributed by atoms with E-state index in [0.29, 0.717) is 19.1 Å². The van der Waals surface area contributed by atoms with Crippen molar-refractivity contribution in [1.82, 2.24) is 4.98 Å². The molecule has 5 heteroatoms. The molecule has 1 aromatic heterocycles. The number of ether oxygens (including phenoxy) is 2. The van der Waals surface area contributed by atoms with Gasteiger partial charge in [0.05, 0.1) is 13.2 Å². The fraction of sp³-hybridized carbons (Fsp3) is 0.346. The lowest BCUT2D eigenvalue weighted by Crippen LogP contribution is -2.46. The van der Waals surface area contributed by atoms with Crippen LogP contribution in [0.1, 0.15) is 41.1 Å². The summed E-state index contributed by atoms with van der Waals surface area (Å²) < 4.78 is 10.8. The molecule has 31 heavy (non-hydrogen) atoms. The monoisotopic (exact) mass is 416 g/mol. The topological polar surface area (TPSA) is 63.6 Å². The van der Waals surface area contributed by atoms with Gasteiger partial charge >= 0.3 is 0 Å². The van der Waals surface area contributed by atoms with Crippen molar-refractivity contribution in [1.29, 1.82) is 0 Å². The van der Waals surface area contributed by atoms with Gasteiger partial charge in [0.1, 0.15) is 5.60 Å². The number of rotatable bonds is 5. The van der Waals surface area contributed by atoms with Crippen molar-refractivity contribution >= 4 is 22.2 Å². The molecule has 0 saturated carbocycles. The molecule has 0 amide bonds. The number of pyridine rings is 1. The van der Waals surface area contributed by atoms with Gasteiger partial charge in [-0.25, -0.2) is 0 Å². The lowest BCUT2D eigenvalue weighted by atomic mass is 9.90. The van der Waals surface area contributed by atoms with E-state index < -0.39 is 5.60 Å². The molecule has 5 nitrogen and oxygen atoms in total. The zero-order valence-corrected chi connectivity index (χ0v) is 17.9. The summed E-state index contributed by atoms with van der Waals surface area (Å²) in [5, 5.41) is 16.5. The summed E-state index contributed by atoms with van der Waals surface area (Å²) in [5.74, 6) is 0.433. The Morgan fingerprint density at radius 2 is 1.90 bits per heavy atom. The number of para-hydroxylation sites is 1. The van der Waals surface area contributed by atoms with Gasteiger partial charge in [0.15, 0.2) is 0 Å². The van der Waals surface area contributed by atoms with Crippen LogP contribution in [0.5, 0.6) is 0 Å². The lowest BCUT2D eigenvalue weighted by Gasteiger charge is -2.38. The Morgan fingerprint density at radius 3 is 2.65 bits per heavy atom. The number of aromatic nitrogens is 1. The molecular formula is C26H28N2O3. The molecular weight excluding hydrogens is 388 g/mol. The number of fused-ring (bicyclic) bond motifs is 1. The zero-order valence-electron chi connectivity index (χ0n) is 17.9. The average Bonchev–Trinajstić information content (AvgIpc) is 2.77. The van der Waals surface area contributed by atoms with E-state index in [-0.39, 0.29) is 0 Å². The van der Waals surface area contributed by atoms with Gasteiger partial charge in [0, 0.05) is 58.9 Å². The summed E-state index contributed by atoms with van der Waals surface area (Å²) in [6, 6.07) is 14.4. The van der Waals surface area contributed by atoms with Crippen molar-refractivity contribution in [3.8, 4) is 0 Å². The molecule has 2 saturated heterocycles. The second-order valence-electron chi connectivity index (χ2n) is 8.70. The molecule has 2 aliphatic heterocycles. The van der Waals surface area contributed by atoms with Gasteiger partial charge in [0.2, 0.25) is 0 Å². The third kappa shape index (κ3) is 3.85. The standard InChI is InChI=1S/C26H28N2O3/c1-17-11-20-14-27-25(19-7-9-30-10-8-19)13-22(20)21(12-17)18(2)28-24-6-4-3-5-23(24)26(29)15-31-16-26/h3-6,11-14,19,28-29H,2,7-10,15-16H2,1H3. The molecule has 2 N–H and O–H groups in total. The summed E-state index contributed by atoms with van der Waals surface area (Å²) in [6.45, 7) is 8.66. The van der Waals surface area contributed by atoms with Crippen LogP contribution in [-0.4, -0.2) is 36.5 Å². The van der Waals surface area contributed by atoms with Crippen molar-refractivity contribution in [2.45, 2.75) is 31.3 Å². The van der Waals surface area contributed by atoms with Gasteiger partial charge in [-0.1, -0.05) is 24.8 Å². The molecule has 0 aliphatic carbocycles. The van der Waals surface area contributed by atoms with Gasteiger partial charge in [-0.3, -0.25) is 4.98 Å². The van der Waals surface area contributed by atoms with E-state index in [1.54, 1.807) is 0 Å². The Kier molecular flexibility index (Phi) is 5.26. The maximum absolute atomic E-state index is 10.8. The van der Waals surface area contributed by atoms with Crippen molar-refractivity contribution < 1.29 is 14.6 Å². The molecule has 2 fully saturated rings. The predicted octanol–water partition coefficient (Wildman–Crippen LogP) is 4.74. The number of hydrogen-bond donors (Lipinski definition) is 2. The van der Waals surface area contributed by atoms with E-state index in [2.05, 4.69) is 37.0 Å². The van der Waals surface area contributed by atoms with Crippen LogP contribution in [0.25, 0.3) is 16.5 Å². The second-order valence-corrected chi connectivity index (χ2v) is 8.70. The van der Waals surface area contributed by atoms with Crippen LogP contribution in [0.4, 0.5) is 5.69 Å². The molecule has 5 rings (SSSR count). The summed E-state index contributed by atoms with van der Waals surface area (Å²) >= 11 is 0. The second kappa shape index (κ2) is 8.08. The SMILES string of the molecule is C=C(Nc1ccccc1C1(O)COC1)c1cc(C)cc2cnc(C3CCOCC3)cc12. The smallest absolute Gasteiger partial charge is 0.138 e. The minimum absolute atomic E-state index is 0.311. The molecule has 3 heterocycles. The summed E-state index contributed by atoms with van der Waals surface area (Å²) in [6.07, 6.45) is 3.99. The Morgan fingerprint density at radius 1 is 1.13 bits per heavy atom. The number of aliphatic hydroxyl groups is 1. The maximum atomic E-state index is 10.8. The number of anilines is 1. The zero-order chi connectivity index (χ0) is 21.4. The Bertz CT molecular complexity index is 1130. The van der Waals surface area contributed by atoms with Crippen LogP contribution in [-0.2, 0) is 15.1 Å². The maximum Gasteiger partial charge on any atom is 0.138 e. The summed E-state index contributed by atoms with van der Waals surface area (Å²) in [5.41, 5.74) is 4.88. The van der Waals surface area contributed by atoms with Crippen LogP contribution in [0.3, 0.4) is 0 Å². The largest absolute Gasteiger partial charge is 0.381 e. The number of nitrogens with zero attached hydrogens (tertiary/aromatic N) is 1. The predicted molar refractivity (Wildman–Crippen MR) is 123 cm³/mol. The highest BCUT2D eigenvalue weighted by atomic mass is 16.5. The molecule has 0 atom stereocenters. The van der Waals surface area contributed by atoms with E-state index in [9.17, 15) is 5.11 Å². The van der Waals surface area contributed by atoms with Gasteiger partial charge < -0.3 is 19.9 Å². The van der Waals surface area contributed by atoms with Crippen LogP contribution in [0.2, 0.25) is 0 Å².